The normalized spacial score (nSPS) is 23.9. The van der Waals surface area contributed by atoms with Crippen LogP contribution in [0.15, 0.2) is 12.7 Å². The molecule has 1 aliphatic heterocycles. The molecule has 0 saturated carbocycles. The van der Waals surface area contributed by atoms with E-state index in [0.717, 1.165) is 0 Å². The van der Waals surface area contributed by atoms with Gasteiger partial charge in [0.25, 0.3) is 0 Å². The summed E-state index contributed by atoms with van der Waals surface area (Å²) >= 11 is 0. The summed E-state index contributed by atoms with van der Waals surface area (Å²) in [6, 6.07) is 0. The number of hydrogen-bond donors (Lipinski definition) is 4. The second-order valence-corrected chi connectivity index (χ2v) is 6.60. The number of amides is 1. The van der Waals surface area contributed by atoms with Crippen LogP contribution in [0.2, 0.25) is 0 Å². The van der Waals surface area contributed by atoms with E-state index < -0.39 is 32.9 Å². The fourth-order valence-corrected chi connectivity index (χ4v) is 3.22. The van der Waals surface area contributed by atoms with Crippen LogP contribution in [0, 0.1) is 0 Å². The Morgan fingerprint density at radius 3 is 2.88 bits per heavy atom. The van der Waals surface area contributed by atoms with E-state index in [9.17, 15) is 14.5 Å². The minimum absolute atomic E-state index is 0.0707. The van der Waals surface area contributed by atoms with Crippen molar-refractivity contribution in [3.05, 3.63) is 12.7 Å². The molecule has 1 aliphatic rings. The Kier molecular flexibility index (Phi) is 4.82. The number of phosphoric ester groups is 1. The number of aliphatic hydroxyl groups excluding tert-OH is 1. The number of carbonyl (C=O) groups excluding carboxylic acids is 1. The fourth-order valence-electron chi connectivity index (χ4n) is 2.64. The summed E-state index contributed by atoms with van der Waals surface area (Å²) in [5, 5.41) is 11.9. The third-order valence-electron chi connectivity index (χ3n) is 3.60. The SMILES string of the molecule is CC(=O)Nc1ncnc2c1ncn2[C@H]1C[C@H](OP(=O)(O)O)[C@@H](CO)O1. The standard InChI is InChI=1S/C12H16N5O7P/c1-6(19)16-11-10-12(14-4-13-11)17(5-15-10)9-2-7(8(3-18)23-9)24-25(20,21)22/h4-5,7-9,18H,2-3H2,1H3,(H2,20,21,22)(H,13,14,16,19)/t7-,8+,9+/m0/s1. The first-order chi connectivity index (χ1) is 11.8. The van der Waals surface area contributed by atoms with Crippen molar-refractivity contribution in [3.63, 3.8) is 0 Å². The molecule has 136 valence electrons. The van der Waals surface area contributed by atoms with Crippen molar-refractivity contribution in [2.75, 3.05) is 11.9 Å². The van der Waals surface area contributed by atoms with Gasteiger partial charge in [0.05, 0.1) is 12.9 Å². The molecule has 0 spiro atoms. The van der Waals surface area contributed by atoms with Crippen LogP contribution < -0.4 is 5.32 Å². The molecule has 3 rings (SSSR count). The molecule has 3 heterocycles. The van der Waals surface area contributed by atoms with E-state index in [1.165, 1.54) is 24.1 Å². The Hall–Kier alpha value is -1.95. The van der Waals surface area contributed by atoms with Gasteiger partial charge in [0.15, 0.2) is 17.0 Å². The summed E-state index contributed by atoms with van der Waals surface area (Å²) in [5.74, 6) is -0.0851. The molecule has 0 aromatic carbocycles. The number of ether oxygens (including phenoxy) is 1. The zero-order valence-electron chi connectivity index (χ0n) is 13.0. The lowest BCUT2D eigenvalue weighted by molar-refractivity contribution is -0.114. The highest BCUT2D eigenvalue weighted by atomic mass is 31.2. The van der Waals surface area contributed by atoms with Crippen molar-refractivity contribution in [2.24, 2.45) is 0 Å². The van der Waals surface area contributed by atoms with Crippen LogP contribution in [0.1, 0.15) is 19.6 Å². The molecule has 0 aliphatic carbocycles. The maximum atomic E-state index is 11.2. The lowest BCUT2D eigenvalue weighted by atomic mass is 10.2. The Morgan fingerprint density at radius 2 is 2.24 bits per heavy atom. The minimum Gasteiger partial charge on any atom is -0.394 e. The van der Waals surface area contributed by atoms with Gasteiger partial charge in [0, 0.05) is 13.3 Å². The molecule has 1 saturated heterocycles. The highest BCUT2D eigenvalue weighted by Gasteiger charge is 2.40. The smallest absolute Gasteiger partial charge is 0.394 e. The lowest BCUT2D eigenvalue weighted by Crippen LogP contribution is -2.26. The molecule has 3 atom stereocenters. The predicted molar refractivity (Wildman–Crippen MR) is 82.2 cm³/mol. The van der Waals surface area contributed by atoms with Gasteiger partial charge in [-0.1, -0.05) is 0 Å². The number of rotatable bonds is 5. The number of imidazole rings is 1. The van der Waals surface area contributed by atoms with Crippen LogP contribution in [0.3, 0.4) is 0 Å². The van der Waals surface area contributed by atoms with Gasteiger partial charge in [-0.3, -0.25) is 13.9 Å². The van der Waals surface area contributed by atoms with Gasteiger partial charge in [-0.15, -0.1) is 0 Å². The lowest BCUT2D eigenvalue weighted by Gasteiger charge is -2.16. The Labute approximate surface area is 141 Å². The monoisotopic (exact) mass is 373 g/mol. The largest absolute Gasteiger partial charge is 0.469 e. The van der Waals surface area contributed by atoms with Crippen LogP contribution in [0.5, 0.6) is 0 Å². The number of hydrogen-bond acceptors (Lipinski definition) is 8. The third kappa shape index (κ3) is 3.84. The van der Waals surface area contributed by atoms with Crippen LogP contribution in [0.25, 0.3) is 11.2 Å². The van der Waals surface area contributed by atoms with Crippen molar-refractivity contribution in [1.82, 2.24) is 19.5 Å². The van der Waals surface area contributed by atoms with Crippen LogP contribution >= 0.6 is 7.82 Å². The second kappa shape index (κ2) is 6.75. The van der Waals surface area contributed by atoms with Gasteiger partial charge >= 0.3 is 7.82 Å². The highest BCUT2D eigenvalue weighted by Crippen LogP contribution is 2.43. The predicted octanol–water partition coefficient (Wildman–Crippen LogP) is -0.458. The summed E-state index contributed by atoms with van der Waals surface area (Å²) in [4.78, 5) is 41.4. The topological polar surface area (TPSA) is 169 Å². The van der Waals surface area contributed by atoms with Gasteiger partial charge < -0.3 is 24.9 Å². The summed E-state index contributed by atoms with van der Waals surface area (Å²) in [7, 11) is -4.73. The van der Waals surface area contributed by atoms with E-state index in [1.807, 2.05) is 0 Å². The maximum absolute atomic E-state index is 11.2. The number of aliphatic hydroxyl groups is 1. The van der Waals surface area contributed by atoms with Crippen LogP contribution in [0.4, 0.5) is 5.82 Å². The average molecular weight is 373 g/mol. The molecule has 0 bridgehead atoms. The molecule has 4 N–H and O–H groups in total. The average Bonchev–Trinajstić information content (AvgIpc) is 3.09. The van der Waals surface area contributed by atoms with Crippen molar-refractivity contribution < 1.29 is 33.5 Å². The number of nitrogens with one attached hydrogen (secondary N) is 1. The molecule has 1 fully saturated rings. The quantitative estimate of drug-likeness (QED) is 0.503. The first-order valence-corrected chi connectivity index (χ1v) is 8.77. The van der Waals surface area contributed by atoms with E-state index in [4.69, 9.17) is 14.5 Å². The summed E-state index contributed by atoms with van der Waals surface area (Å²) in [5.41, 5.74) is 0.693. The van der Waals surface area contributed by atoms with Gasteiger partial charge in [0.2, 0.25) is 5.91 Å². The molecule has 0 unspecified atom stereocenters. The minimum atomic E-state index is -4.73. The molecular weight excluding hydrogens is 357 g/mol. The van der Waals surface area contributed by atoms with Crippen molar-refractivity contribution in [3.8, 4) is 0 Å². The van der Waals surface area contributed by atoms with Crippen LogP contribution in [-0.2, 0) is 18.6 Å². The molecule has 1 amide bonds. The molecule has 2 aromatic heterocycles. The van der Waals surface area contributed by atoms with Gasteiger partial charge in [-0.05, 0) is 0 Å². The van der Waals surface area contributed by atoms with E-state index >= 15 is 0 Å². The molecule has 2 aromatic rings. The molecule has 0 radical (unpaired) electrons. The molecule has 13 heteroatoms. The number of fused-ring (bicyclic) bond motifs is 1. The highest BCUT2D eigenvalue weighted by molar-refractivity contribution is 7.46. The van der Waals surface area contributed by atoms with Gasteiger partial charge in [-0.2, -0.15) is 0 Å². The Bertz CT molecular complexity index is 836. The summed E-state index contributed by atoms with van der Waals surface area (Å²) in [6.45, 7) is 0.862. The maximum Gasteiger partial charge on any atom is 0.469 e. The van der Waals surface area contributed by atoms with Crippen LogP contribution in [-0.4, -0.2) is 59.1 Å². The Balaban J connectivity index is 1.90. The van der Waals surface area contributed by atoms with E-state index in [2.05, 4.69) is 24.8 Å². The Morgan fingerprint density at radius 1 is 1.48 bits per heavy atom. The first kappa shape index (κ1) is 17.9. The second-order valence-electron chi connectivity index (χ2n) is 5.41. The number of nitrogens with zero attached hydrogens (tertiary/aromatic N) is 4. The molecular formula is C12H16N5O7P. The summed E-state index contributed by atoms with van der Waals surface area (Å²) < 4.78 is 22.9. The fraction of sp³-hybridized carbons (Fsp3) is 0.500. The number of carbonyl (C=O) groups is 1. The summed E-state index contributed by atoms with van der Waals surface area (Å²) in [6.07, 6.45) is 0.106. The van der Waals surface area contributed by atoms with Gasteiger partial charge in [-0.25, -0.2) is 19.5 Å². The number of phosphoric acid groups is 1. The zero-order valence-corrected chi connectivity index (χ0v) is 13.9. The van der Waals surface area contributed by atoms with E-state index in [0.29, 0.717) is 11.2 Å². The third-order valence-corrected chi connectivity index (χ3v) is 4.14. The first-order valence-electron chi connectivity index (χ1n) is 7.24. The zero-order chi connectivity index (χ0) is 18.2. The number of aromatic nitrogens is 4. The van der Waals surface area contributed by atoms with E-state index in [1.54, 1.807) is 0 Å². The van der Waals surface area contributed by atoms with Gasteiger partial charge in [0.1, 0.15) is 24.8 Å². The van der Waals surface area contributed by atoms with Crippen molar-refractivity contribution >= 4 is 30.7 Å². The molecule has 25 heavy (non-hydrogen) atoms. The van der Waals surface area contributed by atoms with Crippen molar-refractivity contribution in [2.45, 2.75) is 31.8 Å². The van der Waals surface area contributed by atoms with E-state index in [-0.39, 0.29) is 18.1 Å². The number of anilines is 1. The molecule has 12 nitrogen and oxygen atoms in total. The van der Waals surface area contributed by atoms with Crippen molar-refractivity contribution in [1.29, 1.82) is 0 Å².